The van der Waals surface area contributed by atoms with Crippen LogP contribution in [-0.2, 0) is 9.53 Å². The lowest BCUT2D eigenvalue weighted by molar-refractivity contribution is -0.138. The quantitative estimate of drug-likeness (QED) is 0.769. The van der Waals surface area contributed by atoms with Gasteiger partial charge < -0.3 is 9.64 Å². The number of hydrogen-bond donors (Lipinski definition) is 0. The lowest BCUT2D eigenvalue weighted by Crippen LogP contribution is -2.32. The fourth-order valence-corrected chi connectivity index (χ4v) is 2.00. The van der Waals surface area contributed by atoms with Crippen LogP contribution >= 0.6 is 0 Å². The van der Waals surface area contributed by atoms with Crippen molar-refractivity contribution in [2.75, 3.05) is 25.1 Å². The summed E-state index contributed by atoms with van der Waals surface area (Å²) in [5.41, 5.74) is 0. The molecule has 0 spiro atoms. The van der Waals surface area contributed by atoms with Gasteiger partial charge in [0, 0.05) is 17.3 Å². The highest BCUT2D eigenvalue weighted by Crippen LogP contribution is 2.23. The maximum absolute atomic E-state index is 11.5. The van der Waals surface area contributed by atoms with Gasteiger partial charge in [-0.3, -0.25) is 4.79 Å². The molecule has 1 heterocycles. The van der Waals surface area contributed by atoms with Crippen LogP contribution in [0.25, 0.3) is 10.8 Å². The highest BCUT2D eigenvalue weighted by molar-refractivity contribution is 5.92. The number of carbonyl (C=O) groups is 1. The molecule has 1 aromatic carbocycles. The van der Waals surface area contributed by atoms with Crippen LogP contribution in [0.4, 0.5) is 5.82 Å². The molecule has 0 saturated heterocycles. The normalized spacial score (nSPS) is 10.4. The van der Waals surface area contributed by atoms with E-state index in [9.17, 15) is 4.79 Å². The highest BCUT2D eigenvalue weighted by atomic mass is 16.5. The molecule has 2 rings (SSSR count). The molecule has 0 N–H and O–H groups in total. The lowest BCUT2D eigenvalue weighted by atomic mass is 10.2. The smallest absolute Gasteiger partial charge is 0.325 e. The third-order valence-electron chi connectivity index (χ3n) is 2.89. The van der Waals surface area contributed by atoms with Crippen LogP contribution in [0, 0.1) is 0 Å². The van der Waals surface area contributed by atoms with Crippen LogP contribution < -0.4 is 4.90 Å². The second-order valence-electron chi connectivity index (χ2n) is 4.25. The van der Waals surface area contributed by atoms with E-state index < -0.39 is 0 Å². The van der Waals surface area contributed by atoms with Crippen molar-refractivity contribution in [2.45, 2.75) is 13.3 Å². The number of fused-ring (bicyclic) bond motifs is 1. The summed E-state index contributed by atoms with van der Waals surface area (Å²) in [5.74, 6) is 0.452. The molecule has 0 saturated carbocycles. The Morgan fingerprint density at radius 3 is 2.89 bits per heavy atom. The summed E-state index contributed by atoms with van der Waals surface area (Å²) in [6.07, 6.45) is 2.64. The van der Waals surface area contributed by atoms with Crippen molar-refractivity contribution in [1.82, 2.24) is 10.2 Å². The van der Waals surface area contributed by atoms with Crippen molar-refractivity contribution in [3.8, 4) is 0 Å². The van der Waals surface area contributed by atoms with Crippen LogP contribution in [0.2, 0.25) is 0 Å². The Labute approximate surface area is 112 Å². The number of carbonyl (C=O) groups excluding carboxylic acids is 1. The second kappa shape index (κ2) is 6.13. The van der Waals surface area contributed by atoms with Gasteiger partial charge in [0.05, 0.1) is 13.3 Å². The van der Waals surface area contributed by atoms with Gasteiger partial charge in [-0.2, -0.15) is 5.10 Å². The monoisotopic (exact) mass is 259 g/mol. The number of benzene rings is 1. The molecular weight excluding hydrogens is 242 g/mol. The molecular formula is C14H17N3O2. The van der Waals surface area contributed by atoms with Crippen molar-refractivity contribution in [3.05, 3.63) is 30.5 Å². The first-order chi connectivity index (χ1) is 9.26. The number of rotatable bonds is 5. The average molecular weight is 259 g/mol. The van der Waals surface area contributed by atoms with Crippen LogP contribution in [-0.4, -0.2) is 36.4 Å². The summed E-state index contributed by atoms with van der Waals surface area (Å²) in [6.45, 7) is 2.98. The first-order valence-electron chi connectivity index (χ1n) is 6.28. The predicted molar refractivity (Wildman–Crippen MR) is 74.1 cm³/mol. The number of aromatic nitrogens is 2. The van der Waals surface area contributed by atoms with Crippen LogP contribution in [0.15, 0.2) is 30.5 Å². The maximum atomic E-state index is 11.5. The Hall–Kier alpha value is -2.17. The number of ether oxygens (including phenoxy) is 1. The summed E-state index contributed by atoms with van der Waals surface area (Å²) >= 11 is 0. The molecule has 2 aromatic rings. The van der Waals surface area contributed by atoms with Crippen molar-refractivity contribution < 1.29 is 9.53 Å². The van der Waals surface area contributed by atoms with Gasteiger partial charge in [0.2, 0.25) is 0 Å². The minimum atomic E-state index is -0.275. The minimum absolute atomic E-state index is 0.188. The predicted octanol–water partition coefficient (Wildman–Crippen LogP) is 2.02. The molecule has 5 nitrogen and oxygen atoms in total. The van der Waals surface area contributed by atoms with E-state index in [2.05, 4.69) is 17.1 Å². The number of methoxy groups -OCH3 is 1. The molecule has 19 heavy (non-hydrogen) atoms. The van der Waals surface area contributed by atoms with Crippen molar-refractivity contribution >= 4 is 22.6 Å². The summed E-state index contributed by atoms with van der Waals surface area (Å²) in [6, 6.07) is 7.88. The van der Waals surface area contributed by atoms with E-state index in [-0.39, 0.29) is 12.5 Å². The Bertz CT molecular complexity index is 566. The fourth-order valence-electron chi connectivity index (χ4n) is 2.00. The summed E-state index contributed by atoms with van der Waals surface area (Å²) < 4.78 is 4.73. The average Bonchev–Trinajstić information content (AvgIpc) is 2.46. The molecule has 0 fully saturated rings. The molecule has 0 aliphatic rings. The lowest BCUT2D eigenvalue weighted by Gasteiger charge is -2.22. The number of nitrogens with zero attached hydrogens (tertiary/aromatic N) is 3. The first-order valence-corrected chi connectivity index (χ1v) is 6.28. The fraction of sp³-hybridized carbons (Fsp3) is 0.357. The number of anilines is 1. The Morgan fingerprint density at radius 2 is 2.16 bits per heavy atom. The minimum Gasteiger partial charge on any atom is -0.468 e. The van der Waals surface area contributed by atoms with Gasteiger partial charge in [0.25, 0.3) is 0 Å². The highest BCUT2D eigenvalue weighted by Gasteiger charge is 2.15. The molecule has 0 bridgehead atoms. The SMILES string of the molecule is CCCN(CC(=O)OC)c1nncc2ccccc12. The zero-order valence-corrected chi connectivity index (χ0v) is 11.2. The Kier molecular flexibility index (Phi) is 4.28. The van der Waals surface area contributed by atoms with Crippen LogP contribution in [0.3, 0.4) is 0 Å². The molecule has 0 unspecified atom stereocenters. The summed E-state index contributed by atoms with van der Waals surface area (Å²) in [7, 11) is 1.39. The van der Waals surface area contributed by atoms with Crippen LogP contribution in [0.1, 0.15) is 13.3 Å². The maximum Gasteiger partial charge on any atom is 0.325 e. The van der Waals surface area contributed by atoms with E-state index in [0.29, 0.717) is 0 Å². The standard InChI is InChI=1S/C14H17N3O2/c1-3-8-17(10-13(18)19-2)14-12-7-5-4-6-11(12)9-15-16-14/h4-7,9H,3,8,10H2,1-2H3. The van der Waals surface area contributed by atoms with Gasteiger partial charge >= 0.3 is 5.97 Å². The number of esters is 1. The molecule has 1 aromatic heterocycles. The first kappa shape index (κ1) is 13.3. The topological polar surface area (TPSA) is 55.3 Å². The third kappa shape index (κ3) is 2.99. The molecule has 0 aliphatic carbocycles. The molecule has 0 radical (unpaired) electrons. The van der Waals surface area contributed by atoms with E-state index in [1.807, 2.05) is 29.2 Å². The molecule has 5 heteroatoms. The van der Waals surface area contributed by atoms with Gasteiger partial charge in [0.15, 0.2) is 5.82 Å². The molecule has 0 aliphatic heterocycles. The van der Waals surface area contributed by atoms with Gasteiger partial charge in [0.1, 0.15) is 6.54 Å². The summed E-state index contributed by atoms with van der Waals surface area (Å²) in [4.78, 5) is 13.4. The van der Waals surface area contributed by atoms with E-state index in [0.717, 1.165) is 29.6 Å². The zero-order chi connectivity index (χ0) is 13.7. The van der Waals surface area contributed by atoms with Crippen molar-refractivity contribution in [2.24, 2.45) is 0 Å². The van der Waals surface area contributed by atoms with Crippen LogP contribution in [0.5, 0.6) is 0 Å². The van der Waals surface area contributed by atoms with Crippen molar-refractivity contribution in [3.63, 3.8) is 0 Å². The Balaban J connectivity index is 2.40. The largest absolute Gasteiger partial charge is 0.468 e. The zero-order valence-electron chi connectivity index (χ0n) is 11.2. The Morgan fingerprint density at radius 1 is 1.37 bits per heavy atom. The van der Waals surface area contributed by atoms with Gasteiger partial charge in [-0.15, -0.1) is 5.10 Å². The van der Waals surface area contributed by atoms with E-state index in [4.69, 9.17) is 4.74 Å². The van der Waals surface area contributed by atoms with E-state index in [1.165, 1.54) is 7.11 Å². The van der Waals surface area contributed by atoms with Gasteiger partial charge in [-0.1, -0.05) is 31.2 Å². The second-order valence-corrected chi connectivity index (χ2v) is 4.25. The molecule has 100 valence electrons. The molecule has 0 atom stereocenters. The van der Waals surface area contributed by atoms with Gasteiger partial charge in [-0.05, 0) is 6.42 Å². The summed E-state index contributed by atoms with van der Waals surface area (Å²) in [5, 5.41) is 10.2. The van der Waals surface area contributed by atoms with E-state index in [1.54, 1.807) is 6.20 Å². The number of hydrogen-bond acceptors (Lipinski definition) is 5. The molecule has 0 amide bonds. The van der Waals surface area contributed by atoms with E-state index >= 15 is 0 Å². The van der Waals surface area contributed by atoms with Crippen molar-refractivity contribution in [1.29, 1.82) is 0 Å². The van der Waals surface area contributed by atoms with Gasteiger partial charge in [-0.25, -0.2) is 0 Å². The third-order valence-corrected chi connectivity index (χ3v) is 2.89.